The zero-order valence-corrected chi connectivity index (χ0v) is 14.0. The monoisotopic (exact) mass is 354 g/mol. The lowest BCUT2D eigenvalue weighted by Crippen LogP contribution is -2.44. The van der Waals surface area contributed by atoms with Crippen LogP contribution >= 0.6 is 11.6 Å². The number of nitrogens with zero attached hydrogens (tertiary/aromatic N) is 1. The first-order chi connectivity index (χ1) is 12.1. The average Bonchev–Trinajstić information content (AvgIpc) is 2.93. The van der Waals surface area contributed by atoms with Crippen molar-refractivity contribution in [2.24, 2.45) is 0 Å². The molecule has 1 N–H and O–H groups in total. The summed E-state index contributed by atoms with van der Waals surface area (Å²) in [6, 6.07) is 16.0. The average molecular weight is 355 g/mol. The smallest absolute Gasteiger partial charge is 0.426 e. The Morgan fingerprint density at radius 1 is 1.12 bits per heavy atom. The van der Waals surface area contributed by atoms with E-state index in [0.717, 1.165) is 27.3 Å². The van der Waals surface area contributed by atoms with Gasteiger partial charge in [-0.15, -0.1) is 6.42 Å². The Balaban J connectivity index is 1.72. The molecule has 0 saturated heterocycles. The number of hydrazine groups is 1. The lowest BCUT2D eigenvalue weighted by Gasteiger charge is -2.19. The molecule has 0 radical (unpaired) electrons. The van der Waals surface area contributed by atoms with Crippen molar-refractivity contribution in [2.75, 3.05) is 13.2 Å². The highest BCUT2D eigenvalue weighted by Gasteiger charge is 2.29. The van der Waals surface area contributed by atoms with E-state index in [4.69, 9.17) is 22.8 Å². The molecule has 0 aliphatic heterocycles. The Kier molecular flexibility index (Phi) is 4.92. The minimum absolute atomic E-state index is 0.0639. The van der Waals surface area contributed by atoms with Crippen LogP contribution in [-0.4, -0.2) is 29.6 Å². The van der Waals surface area contributed by atoms with Crippen LogP contribution in [0.2, 0.25) is 0 Å². The van der Waals surface area contributed by atoms with Gasteiger partial charge in [-0.05, 0) is 33.9 Å². The number of benzene rings is 2. The van der Waals surface area contributed by atoms with Crippen LogP contribution in [0.3, 0.4) is 0 Å². The fourth-order valence-electron chi connectivity index (χ4n) is 2.98. The number of halogens is 1. The molecule has 1 aliphatic carbocycles. The summed E-state index contributed by atoms with van der Waals surface area (Å²) in [5.74, 6) is 2.16. The first kappa shape index (κ1) is 16.9. The molecule has 0 bridgehead atoms. The number of hydrogen-bond acceptors (Lipinski definition) is 3. The molecule has 126 valence electrons. The van der Waals surface area contributed by atoms with Crippen molar-refractivity contribution in [2.45, 2.75) is 5.92 Å². The minimum Gasteiger partial charge on any atom is -0.447 e. The number of nitrogens with one attached hydrogen (secondary N) is 1. The highest BCUT2D eigenvalue weighted by atomic mass is 35.5. The van der Waals surface area contributed by atoms with Gasteiger partial charge in [0.1, 0.15) is 13.2 Å². The Labute approximate surface area is 150 Å². The quantitative estimate of drug-likeness (QED) is 0.395. The summed E-state index contributed by atoms with van der Waals surface area (Å²) >= 11 is 5.35. The van der Waals surface area contributed by atoms with E-state index in [1.54, 1.807) is 0 Å². The Morgan fingerprint density at radius 3 is 2.20 bits per heavy atom. The Bertz CT molecular complexity index is 814. The predicted octanol–water partition coefficient (Wildman–Crippen LogP) is 3.73. The van der Waals surface area contributed by atoms with Gasteiger partial charge in [0.25, 0.3) is 0 Å². The highest BCUT2D eigenvalue weighted by Crippen LogP contribution is 2.44. The maximum absolute atomic E-state index is 12.0. The predicted molar refractivity (Wildman–Crippen MR) is 95.0 cm³/mol. The maximum Gasteiger partial charge on any atom is 0.426 e. The second-order valence-corrected chi connectivity index (χ2v) is 5.80. The molecule has 3 rings (SSSR count). The molecular weight excluding hydrogens is 340 g/mol. The topological polar surface area (TPSA) is 58.6 Å². The molecule has 5 nitrogen and oxygen atoms in total. The standard InChI is InChI=1S/C19H15ClN2O3/c1-2-11-22(18(20)23)21-19(24)25-12-17-15-9-5-3-7-13(15)14-8-4-6-10-16(14)17/h1,3-10,17H,11-12H2,(H,21,24). The summed E-state index contributed by atoms with van der Waals surface area (Å²) < 4.78 is 5.30. The number of hydrogen-bond donors (Lipinski definition) is 1. The van der Waals surface area contributed by atoms with Crippen LogP contribution in [-0.2, 0) is 4.74 Å². The number of carbonyl (C=O) groups is 2. The van der Waals surface area contributed by atoms with Gasteiger partial charge >= 0.3 is 11.5 Å². The van der Waals surface area contributed by atoms with Crippen molar-refractivity contribution in [3.05, 3.63) is 59.7 Å². The molecule has 0 aromatic heterocycles. The maximum atomic E-state index is 12.0. The lowest BCUT2D eigenvalue weighted by atomic mass is 9.98. The molecule has 2 aromatic rings. The fraction of sp³-hybridized carbons (Fsp3) is 0.158. The Hall–Kier alpha value is -2.97. The van der Waals surface area contributed by atoms with Gasteiger partial charge in [-0.2, -0.15) is 0 Å². The van der Waals surface area contributed by atoms with E-state index >= 15 is 0 Å². The number of ether oxygens (including phenoxy) is 1. The highest BCUT2D eigenvalue weighted by molar-refractivity contribution is 6.62. The van der Waals surface area contributed by atoms with Gasteiger partial charge in [-0.3, -0.25) is 4.79 Å². The van der Waals surface area contributed by atoms with Gasteiger partial charge < -0.3 is 4.74 Å². The molecule has 0 unspecified atom stereocenters. The molecule has 2 aromatic carbocycles. The van der Waals surface area contributed by atoms with Gasteiger partial charge in [0.05, 0.1) is 0 Å². The molecule has 2 amide bonds. The van der Waals surface area contributed by atoms with E-state index in [2.05, 4.69) is 23.5 Å². The largest absolute Gasteiger partial charge is 0.447 e. The zero-order valence-electron chi connectivity index (χ0n) is 13.2. The van der Waals surface area contributed by atoms with Crippen LogP contribution in [0.4, 0.5) is 9.59 Å². The zero-order chi connectivity index (χ0) is 17.8. The van der Waals surface area contributed by atoms with Crippen molar-refractivity contribution in [3.63, 3.8) is 0 Å². The summed E-state index contributed by atoms with van der Waals surface area (Å²) in [5, 5.41) is -0.0769. The molecule has 0 heterocycles. The van der Waals surface area contributed by atoms with Crippen molar-refractivity contribution in [3.8, 4) is 23.5 Å². The Morgan fingerprint density at radius 2 is 1.68 bits per heavy atom. The molecule has 1 aliphatic rings. The number of fused-ring (bicyclic) bond motifs is 3. The van der Waals surface area contributed by atoms with Gasteiger partial charge in [-0.1, -0.05) is 54.5 Å². The van der Waals surface area contributed by atoms with Crippen molar-refractivity contribution < 1.29 is 14.3 Å². The summed E-state index contributed by atoms with van der Waals surface area (Å²) in [5.41, 5.74) is 6.71. The van der Waals surface area contributed by atoms with Crippen molar-refractivity contribution >= 4 is 23.1 Å². The first-order valence-corrected chi connectivity index (χ1v) is 8.01. The van der Waals surface area contributed by atoms with E-state index in [9.17, 15) is 9.59 Å². The van der Waals surface area contributed by atoms with Crippen LogP contribution in [0, 0.1) is 12.3 Å². The minimum atomic E-state index is -0.883. The molecule has 0 spiro atoms. The third-order valence-corrected chi connectivity index (χ3v) is 4.24. The van der Waals surface area contributed by atoms with Crippen LogP contribution < -0.4 is 5.43 Å². The van der Waals surface area contributed by atoms with Crippen LogP contribution in [0.1, 0.15) is 17.0 Å². The van der Waals surface area contributed by atoms with E-state index in [1.165, 1.54) is 0 Å². The van der Waals surface area contributed by atoms with Crippen LogP contribution in [0.25, 0.3) is 11.1 Å². The summed E-state index contributed by atoms with van der Waals surface area (Å²) in [6.07, 6.45) is 4.34. The molecule has 0 fully saturated rings. The van der Waals surface area contributed by atoms with Gasteiger partial charge in [0.15, 0.2) is 0 Å². The third kappa shape index (κ3) is 3.44. The van der Waals surface area contributed by atoms with E-state index in [0.29, 0.717) is 0 Å². The summed E-state index contributed by atoms with van der Waals surface area (Å²) in [4.78, 5) is 23.1. The van der Waals surface area contributed by atoms with E-state index < -0.39 is 11.5 Å². The number of carbonyl (C=O) groups excluding carboxylic acids is 2. The van der Waals surface area contributed by atoms with E-state index in [-0.39, 0.29) is 19.1 Å². The first-order valence-electron chi connectivity index (χ1n) is 7.64. The van der Waals surface area contributed by atoms with Crippen LogP contribution in [0.15, 0.2) is 48.5 Å². The van der Waals surface area contributed by atoms with Gasteiger partial charge in [0.2, 0.25) is 0 Å². The lowest BCUT2D eigenvalue weighted by molar-refractivity contribution is 0.118. The number of rotatable bonds is 3. The number of amides is 2. The van der Waals surface area contributed by atoms with Crippen molar-refractivity contribution in [1.82, 2.24) is 10.4 Å². The van der Waals surface area contributed by atoms with Crippen LogP contribution in [0.5, 0.6) is 0 Å². The molecule has 0 atom stereocenters. The fourth-order valence-corrected chi connectivity index (χ4v) is 3.08. The molecule has 25 heavy (non-hydrogen) atoms. The van der Waals surface area contributed by atoms with Gasteiger partial charge in [-0.25, -0.2) is 15.2 Å². The third-order valence-electron chi connectivity index (χ3n) is 4.03. The second kappa shape index (κ2) is 7.29. The SMILES string of the molecule is C#CCN(NC(=O)OCC1c2ccccc2-c2ccccc21)C(=O)Cl. The molecule has 6 heteroatoms. The molecule has 0 saturated carbocycles. The normalized spacial score (nSPS) is 11.8. The van der Waals surface area contributed by atoms with Gasteiger partial charge in [0, 0.05) is 5.92 Å². The second-order valence-electron chi connectivity index (χ2n) is 5.48. The molecular formula is C19H15ClN2O3. The summed E-state index contributed by atoms with van der Waals surface area (Å²) in [7, 11) is 0. The van der Waals surface area contributed by atoms with E-state index in [1.807, 2.05) is 36.4 Å². The number of terminal acetylenes is 1. The summed E-state index contributed by atoms with van der Waals surface area (Å²) in [6.45, 7) is -0.00718. The van der Waals surface area contributed by atoms with Crippen molar-refractivity contribution in [1.29, 1.82) is 0 Å².